The third kappa shape index (κ3) is 1.37. The fourth-order valence-electron chi connectivity index (χ4n) is 0.886. The van der Waals surface area contributed by atoms with Gasteiger partial charge in [-0.15, -0.1) is 0 Å². The minimum absolute atomic E-state index is 0.0654. The number of hydrogen-bond acceptors (Lipinski definition) is 3. The summed E-state index contributed by atoms with van der Waals surface area (Å²) >= 11 is 0. The number of phenols is 2. The van der Waals surface area contributed by atoms with Crippen molar-refractivity contribution in [3.8, 4) is 11.5 Å². The smallest absolute Gasteiger partial charge is 0.142 e. The molecule has 0 atom stereocenters. The fourth-order valence-corrected chi connectivity index (χ4v) is 0.886. The molecule has 0 spiro atoms. The first-order valence-corrected chi connectivity index (χ1v) is 3.35. The molecule has 3 N–H and O–H groups in total. The van der Waals surface area contributed by atoms with E-state index >= 15 is 0 Å². The molecule has 11 heavy (non-hydrogen) atoms. The predicted molar refractivity (Wildman–Crippen MR) is 44.1 cm³/mol. The second-order valence-corrected chi connectivity index (χ2v) is 2.41. The minimum Gasteiger partial charge on any atom is -0.508 e. The molecule has 0 aliphatic rings. The monoisotopic (exact) mass is 153 g/mol. The molecule has 0 unspecified atom stereocenters. The molecule has 1 aromatic carbocycles. The fraction of sp³-hybridized carbons (Fsp3) is 0.250. The minimum atomic E-state index is 0.0654. The average molecular weight is 153 g/mol. The highest BCUT2D eigenvalue weighted by molar-refractivity contribution is 5.60. The summed E-state index contributed by atoms with van der Waals surface area (Å²) in [7, 11) is 1.71. The van der Waals surface area contributed by atoms with Crippen LogP contribution in [0.3, 0.4) is 0 Å². The van der Waals surface area contributed by atoms with Crippen LogP contribution in [0, 0.1) is 6.92 Å². The normalized spacial score (nSPS) is 9.64. The van der Waals surface area contributed by atoms with Crippen LogP contribution in [-0.2, 0) is 0 Å². The Morgan fingerprint density at radius 2 is 1.82 bits per heavy atom. The Bertz CT molecular complexity index is 271. The molecule has 1 rings (SSSR count). The zero-order chi connectivity index (χ0) is 8.43. The van der Waals surface area contributed by atoms with Gasteiger partial charge in [-0.25, -0.2) is 0 Å². The third-order valence-corrected chi connectivity index (χ3v) is 1.58. The van der Waals surface area contributed by atoms with E-state index in [4.69, 9.17) is 5.11 Å². The van der Waals surface area contributed by atoms with E-state index in [-0.39, 0.29) is 11.5 Å². The van der Waals surface area contributed by atoms with E-state index < -0.39 is 0 Å². The maximum atomic E-state index is 9.19. The molecular weight excluding hydrogens is 142 g/mol. The zero-order valence-corrected chi connectivity index (χ0v) is 6.55. The lowest BCUT2D eigenvalue weighted by Gasteiger charge is -2.05. The number of aromatic hydroxyl groups is 2. The molecule has 0 amide bonds. The van der Waals surface area contributed by atoms with E-state index in [1.54, 1.807) is 20.0 Å². The average Bonchev–Trinajstić information content (AvgIpc) is 1.97. The van der Waals surface area contributed by atoms with Gasteiger partial charge in [-0.1, -0.05) is 0 Å². The SMILES string of the molecule is CNc1cc(C)c(O)cc1O. The number of phenolic OH excluding ortho intramolecular Hbond substituents is 2. The number of aryl methyl sites for hydroxylation is 1. The molecular formula is C8H11NO2. The summed E-state index contributed by atoms with van der Waals surface area (Å²) < 4.78 is 0. The number of nitrogens with one attached hydrogen (secondary N) is 1. The van der Waals surface area contributed by atoms with Gasteiger partial charge in [0.2, 0.25) is 0 Å². The summed E-state index contributed by atoms with van der Waals surface area (Å²) in [4.78, 5) is 0. The first kappa shape index (κ1) is 7.72. The van der Waals surface area contributed by atoms with Gasteiger partial charge in [0.15, 0.2) is 0 Å². The number of anilines is 1. The van der Waals surface area contributed by atoms with Gasteiger partial charge in [0.05, 0.1) is 5.69 Å². The maximum absolute atomic E-state index is 9.19. The zero-order valence-electron chi connectivity index (χ0n) is 6.55. The molecule has 0 saturated carbocycles. The Hall–Kier alpha value is -1.38. The summed E-state index contributed by atoms with van der Waals surface area (Å²) in [5.41, 5.74) is 1.37. The maximum Gasteiger partial charge on any atom is 0.142 e. The van der Waals surface area contributed by atoms with Gasteiger partial charge in [0, 0.05) is 13.1 Å². The van der Waals surface area contributed by atoms with Crippen LogP contribution in [0.5, 0.6) is 11.5 Å². The molecule has 1 aromatic rings. The number of rotatable bonds is 1. The van der Waals surface area contributed by atoms with Crippen molar-refractivity contribution in [1.82, 2.24) is 0 Å². The quantitative estimate of drug-likeness (QED) is 0.422. The van der Waals surface area contributed by atoms with Gasteiger partial charge in [0.1, 0.15) is 11.5 Å². The Morgan fingerprint density at radius 1 is 1.18 bits per heavy atom. The van der Waals surface area contributed by atoms with Crippen LogP contribution < -0.4 is 5.32 Å². The van der Waals surface area contributed by atoms with E-state index in [1.165, 1.54) is 6.07 Å². The summed E-state index contributed by atoms with van der Waals surface area (Å²) in [5.74, 6) is 0.178. The predicted octanol–water partition coefficient (Wildman–Crippen LogP) is 1.45. The van der Waals surface area contributed by atoms with Crippen LogP contribution in [-0.4, -0.2) is 17.3 Å². The van der Waals surface area contributed by atoms with Crippen LogP contribution in [0.25, 0.3) is 0 Å². The van der Waals surface area contributed by atoms with Gasteiger partial charge < -0.3 is 15.5 Å². The summed E-state index contributed by atoms with van der Waals surface area (Å²) in [6.07, 6.45) is 0. The Kier molecular flexibility index (Phi) is 1.89. The lowest BCUT2D eigenvalue weighted by Crippen LogP contribution is -1.89. The molecule has 0 saturated heterocycles. The molecule has 60 valence electrons. The topological polar surface area (TPSA) is 52.5 Å². The second-order valence-electron chi connectivity index (χ2n) is 2.41. The number of benzene rings is 1. The molecule has 0 bridgehead atoms. The van der Waals surface area contributed by atoms with Crippen LogP contribution >= 0.6 is 0 Å². The Morgan fingerprint density at radius 3 is 2.36 bits per heavy atom. The largest absolute Gasteiger partial charge is 0.508 e. The molecule has 0 aromatic heterocycles. The Labute approximate surface area is 65.3 Å². The van der Waals surface area contributed by atoms with Crippen molar-refractivity contribution >= 4 is 5.69 Å². The Balaban J connectivity index is 3.21. The first-order chi connectivity index (χ1) is 5.15. The van der Waals surface area contributed by atoms with Crippen molar-refractivity contribution in [1.29, 1.82) is 0 Å². The number of hydrogen-bond donors (Lipinski definition) is 3. The van der Waals surface area contributed by atoms with Gasteiger partial charge >= 0.3 is 0 Å². The highest BCUT2D eigenvalue weighted by atomic mass is 16.3. The first-order valence-electron chi connectivity index (χ1n) is 3.35. The van der Waals surface area contributed by atoms with Gasteiger partial charge in [-0.2, -0.15) is 0 Å². The van der Waals surface area contributed by atoms with Crippen LogP contribution in [0.4, 0.5) is 5.69 Å². The summed E-state index contributed by atoms with van der Waals surface area (Å²) in [6.45, 7) is 1.77. The van der Waals surface area contributed by atoms with E-state index in [1.807, 2.05) is 0 Å². The summed E-state index contributed by atoms with van der Waals surface area (Å²) in [5, 5.41) is 21.1. The standard InChI is InChI=1S/C8H11NO2/c1-5-3-6(9-2)8(11)4-7(5)10/h3-4,9-11H,1-2H3. The van der Waals surface area contributed by atoms with Crippen molar-refractivity contribution in [2.45, 2.75) is 6.92 Å². The molecule has 0 fully saturated rings. The van der Waals surface area contributed by atoms with E-state index in [2.05, 4.69) is 5.32 Å². The van der Waals surface area contributed by atoms with E-state index in [9.17, 15) is 5.11 Å². The van der Waals surface area contributed by atoms with Gasteiger partial charge in [-0.3, -0.25) is 0 Å². The summed E-state index contributed by atoms with van der Waals surface area (Å²) in [6, 6.07) is 3.01. The van der Waals surface area contributed by atoms with Crippen molar-refractivity contribution in [2.75, 3.05) is 12.4 Å². The van der Waals surface area contributed by atoms with E-state index in [0.717, 1.165) is 5.56 Å². The van der Waals surface area contributed by atoms with E-state index in [0.29, 0.717) is 5.69 Å². The lowest BCUT2D eigenvalue weighted by atomic mass is 10.2. The molecule has 3 heteroatoms. The molecule has 0 radical (unpaired) electrons. The molecule has 3 nitrogen and oxygen atoms in total. The van der Waals surface area contributed by atoms with Gasteiger partial charge in [-0.05, 0) is 18.6 Å². The van der Waals surface area contributed by atoms with Crippen molar-refractivity contribution in [3.63, 3.8) is 0 Å². The van der Waals surface area contributed by atoms with Gasteiger partial charge in [0.25, 0.3) is 0 Å². The van der Waals surface area contributed by atoms with Crippen molar-refractivity contribution in [3.05, 3.63) is 17.7 Å². The van der Waals surface area contributed by atoms with Crippen LogP contribution in [0.15, 0.2) is 12.1 Å². The van der Waals surface area contributed by atoms with Crippen LogP contribution in [0.2, 0.25) is 0 Å². The third-order valence-electron chi connectivity index (χ3n) is 1.58. The van der Waals surface area contributed by atoms with Crippen molar-refractivity contribution < 1.29 is 10.2 Å². The van der Waals surface area contributed by atoms with Crippen molar-refractivity contribution in [2.24, 2.45) is 0 Å². The van der Waals surface area contributed by atoms with Crippen LogP contribution in [0.1, 0.15) is 5.56 Å². The molecule has 0 heterocycles. The molecule has 0 aliphatic heterocycles. The lowest BCUT2D eigenvalue weighted by molar-refractivity contribution is 0.449. The molecule has 0 aliphatic carbocycles. The second kappa shape index (κ2) is 2.70. The highest BCUT2D eigenvalue weighted by Crippen LogP contribution is 2.30. The highest BCUT2D eigenvalue weighted by Gasteiger charge is 2.02.